The highest BCUT2D eigenvalue weighted by Crippen LogP contribution is 2.23. The Morgan fingerprint density at radius 2 is 0.505 bits per heavy atom. The molecule has 0 unspecified atom stereocenters. The Labute approximate surface area is 628 Å². The van der Waals surface area contributed by atoms with E-state index in [0.29, 0.717) is 55.8 Å². The fourth-order valence-corrected chi connectivity index (χ4v) is 12.1. The first-order valence-electron chi connectivity index (χ1n) is 35.7. The quantitative estimate of drug-likeness (QED) is 0.00971. The Bertz CT molecular complexity index is 4150. The summed E-state index contributed by atoms with van der Waals surface area (Å²) in [5, 5.41) is 86.0. The first-order chi connectivity index (χ1) is 52.1. The molecule has 0 aliphatic rings. The molecule has 40 nitrogen and oxygen atoms in total. The van der Waals surface area contributed by atoms with Crippen LogP contribution in [0.2, 0.25) is 0 Å². The molecule has 0 bridgehead atoms. The predicted molar refractivity (Wildman–Crippen MR) is 414 cm³/mol. The number of nitrogens with one attached hydrogen (secondary N) is 23. The summed E-state index contributed by atoms with van der Waals surface area (Å²) in [7, 11) is 0. The predicted octanol–water partition coefficient (Wildman–Crippen LogP) is -4.57. The Morgan fingerprint density at radius 3 is 0.761 bits per heavy atom. The van der Waals surface area contributed by atoms with Crippen LogP contribution >= 0.6 is 0 Å². The normalized spacial score (nSPS) is 13.5. The van der Waals surface area contributed by atoms with Gasteiger partial charge in [0.25, 0.3) is 0 Å². The van der Waals surface area contributed by atoms with Crippen LogP contribution in [-0.2, 0) is 62.4 Å². The summed E-state index contributed by atoms with van der Waals surface area (Å²) in [6.45, 7) is 0.628. The van der Waals surface area contributed by atoms with Crippen molar-refractivity contribution in [1.29, 1.82) is 32.5 Å². The van der Waals surface area contributed by atoms with Gasteiger partial charge in [-0.1, -0.05) is 54.6 Å². The van der Waals surface area contributed by atoms with Crippen molar-refractivity contribution in [2.45, 2.75) is 151 Å². The van der Waals surface area contributed by atoms with Crippen molar-refractivity contribution in [3.05, 3.63) is 108 Å². The number of para-hydroxylation sites is 3. The van der Waals surface area contributed by atoms with Gasteiger partial charge in [0, 0.05) is 110 Å². The molecule has 0 saturated carbocycles. The zero-order valence-corrected chi connectivity index (χ0v) is 60.5. The van der Waals surface area contributed by atoms with Gasteiger partial charge in [-0.25, -0.2) is 0 Å². The molecule has 590 valence electrons. The molecule has 3 heterocycles. The summed E-state index contributed by atoms with van der Waals surface area (Å²) in [5.74, 6) is -9.90. The van der Waals surface area contributed by atoms with E-state index in [4.69, 9.17) is 78.3 Å². The number of hydrogen-bond donors (Lipinski definition) is 31. The molecule has 6 aromatic rings. The van der Waals surface area contributed by atoms with Gasteiger partial charge < -0.3 is 135 Å². The molecule has 3 aromatic heterocycles. The lowest BCUT2D eigenvalue weighted by Crippen LogP contribution is -2.61. The maximum absolute atomic E-state index is 15.5. The molecule has 0 aliphatic heterocycles. The number of guanidine groups is 6. The molecule has 39 N–H and O–H groups in total. The topological polar surface area (TPSA) is 721 Å². The second-order valence-corrected chi connectivity index (χ2v) is 26.1. The van der Waals surface area contributed by atoms with Crippen LogP contribution in [0.4, 0.5) is 0 Å². The van der Waals surface area contributed by atoms with E-state index in [2.05, 4.69) is 89.4 Å². The number of fused-ring (bicyclic) bond motifs is 3. The first kappa shape index (κ1) is 85.0. The largest absolute Gasteiger partial charge is 0.370 e. The van der Waals surface area contributed by atoms with Crippen molar-refractivity contribution < 1.29 is 43.2 Å². The van der Waals surface area contributed by atoms with E-state index in [0.717, 1.165) is 0 Å². The summed E-state index contributed by atoms with van der Waals surface area (Å²) in [6.07, 6.45) is 4.97. The number of rotatable bonds is 47. The van der Waals surface area contributed by atoms with Gasteiger partial charge in [-0.05, 0) is 112 Å². The lowest BCUT2D eigenvalue weighted by Gasteiger charge is -2.28. The number of primary amides is 1. The van der Waals surface area contributed by atoms with E-state index < -0.39 is 119 Å². The zero-order chi connectivity index (χ0) is 79.5. The summed E-state index contributed by atoms with van der Waals surface area (Å²) in [5.41, 5.74) is 49.0. The Balaban J connectivity index is 1.36. The SMILES string of the molecule is N=C(N)NCCC[C@H](NC(=O)[C@H](CCCNC(=N)N)NC(=O)[C@H](Cc1c[nH]c2ccccc12)NC(=O)[C@H](CCCNC(=N)N)NC(=O)[C@H](CCCNC(=N)N)NC(=O)[C@H](Cc1c[nH]c2ccccc12)NC(=O)[C@H](Cc1c[nH]c2ccccc12)NC(=O)[C@H](CCCNC(=N)N)NC(=O)[C@@H](N)CCCNC(=N)N)C(N)=O. The summed E-state index contributed by atoms with van der Waals surface area (Å²) >= 11 is 0. The highest BCUT2D eigenvalue weighted by atomic mass is 16.2. The van der Waals surface area contributed by atoms with Gasteiger partial charge in [0.1, 0.15) is 48.3 Å². The lowest BCUT2D eigenvalue weighted by atomic mass is 10.00. The van der Waals surface area contributed by atoms with E-state index >= 15 is 24.0 Å². The summed E-state index contributed by atoms with van der Waals surface area (Å²) < 4.78 is 0. The molecular formula is C69H105N31O9. The van der Waals surface area contributed by atoms with Crippen molar-refractivity contribution in [2.24, 2.45) is 45.9 Å². The second kappa shape index (κ2) is 43.5. The minimum atomic E-state index is -1.56. The van der Waals surface area contributed by atoms with Crippen LogP contribution in [0.3, 0.4) is 0 Å². The molecule has 3 aromatic carbocycles. The molecule has 0 saturated heterocycles. The molecule has 0 spiro atoms. The Hall–Kier alpha value is -12.9. The molecule has 0 radical (unpaired) electrons. The van der Waals surface area contributed by atoms with Crippen LogP contribution < -0.4 is 120 Å². The Morgan fingerprint density at radius 1 is 0.294 bits per heavy atom. The smallest absolute Gasteiger partial charge is 0.243 e. The summed E-state index contributed by atoms with van der Waals surface area (Å²) in [4.78, 5) is 142. The van der Waals surface area contributed by atoms with Crippen molar-refractivity contribution in [3.8, 4) is 0 Å². The molecule has 9 atom stereocenters. The van der Waals surface area contributed by atoms with Crippen LogP contribution in [0, 0.1) is 32.5 Å². The van der Waals surface area contributed by atoms with Crippen molar-refractivity contribution in [3.63, 3.8) is 0 Å². The monoisotopic (exact) mass is 1510 g/mol. The van der Waals surface area contributed by atoms with E-state index in [9.17, 15) is 19.2 Å². The van der Waals surface area contributed by atoms with E-state index in [-0.39, 0.29) is 153 Å². The molecular weight excluding hydrogens is 1410 g/mol. The average Bonchev–Trinajstić information content (AvgIpc) is 1.73. The zero-order valence-electron chi connectivity index (χ0n) is 60.5. The standard InChI is InChI=1S/C69H105N31O9/c70-43(16-7-25-84-64(72)73)56(102)94-48(21-9-27-86-66(76)77)59(105)99-54(33-39-36-92-46-19-6-3-15-42(39)46)63(109)100-53(32-38-35-91-45-18-5-2-14-41(38)45)62(108)97-50(23-11-29-88-68(80)81)58(104)95-51(24-12-30-89-69(82)83)60(106)98-52(31-37-34-90-44-17-4-1-13-40(37)44)61(107)96-49(22-10-28-87-67(78)79)57(103)93-47(55(71)101)20-8-26-85-65(74)75/h1-6,13-15,17-19,34-36,43,47-54,90-92H,7-12,16,20-33,70H2,(H2,71,101)(H,93,103)(H,94,102)(H,95,104)(H,96,107)(H,97,108)(H,98,106)(H,99,105)(H,100,109)(H4,72,73,84)(H4,74,75,85)(H4,76,77,86)(H4,78,79,87)(H4,80,81,88)(H4,82,83,89)/t43-,47-,48-,49-,50-,51-,52-,53-,54-/m0/s1. The van der Waals surface area contributed by atoms with Crippen LogP contribution in [-0.4, -0.2) is 198 Å². The molecule has 40 heteroatoms. The van der Waals surface area contributed by atoms with Gasteiger partial charge >= 0.3 is 0 Å². The number of hydrogen-bond acceptors (Lipinski definition) is 16. The number of amides is 9. The van der Waals surface area contributed by atoms with Crippen molar-refractivity contribution >= 4 is 122 Å². The third-order valence-corrected chi connectivity index (χ3v) is 17.7. The van der Waals surface area contributed by atoms with E-state index in [1.54, 1.807) is 79.3 Å². The van der Waals surface area contributed by atoms with Gasteiger partial charge in [0.2, 0.25) is 53.2 Å². The highest BCUT2D eigenvalue weighted by molar-refractivity contribution is 6.00. The van der Waals surface area contributed by atoms with Crippen LogP contribution in [0.5, 0.6) is 0 Å². The minimum absolute atomic E-state index is 0.0114. The van der Waals surface area contributed by atoms with E-state index in [1.807, 2.05) is 12.1 Å². The number of H-pyrrole nitrogens is 3. The molecule has 0 fully saturated rings. The molecule has 9 amide bonds. The van der Waals surface area contributed by atoms with Crippen LogP contribution in [0.25, 0.3) is 32.7 Å². The molecule has 0 aliphatic carbocycles. The third-order valence-electron chi connectivity index (χ3n) is 17.7. The minimum Gasteiger partial charge on any atom is -0.370 e. The summed E-state index contributed by atoms with van der Waals surface area (Å²) in [6, 6.07) is 8.76. The first-order valence-corrected chi connectivity index (χ1v) is 35.7. The number of aromatic nitrogens is 3. The van der Waals surface area contributed by atoms with Crippen molar-refractivity contribution in [2.75, 3.05) is 39.3 Å². The fraction of sp³-hybridized carbons (Fsp3) is 0.435. The maximum atomic E-state index is 15.5. The van der Waals surface area contributed by atoms with Gasteiger partial charge in [0.15, 0.2) is 35.8 Å². The number of carbonyl (C=O) groups is 9. The number of benzene rings is 3. The van der Waals surface area contributed by atoms with Crippen LogP contribution in [0.1, 0.15) is 93.7 Å². The van der Waals surface area contributed by atoms with Gasteiger partial charge in [-0.3, -0.25) is 75.6 Å². The molecule has 6 rings (SSSR count). The third kappa shape index (κ3) is 28.8. The average molecular weight is 1510 g/mol. The van der Waals surface area contributed by atoms with E-state index in [1.165, 1.54) is 0 Å². The number of aromatic amines is 3. The number of carbonyl (C=O) groups excluding carboxylic acids is 9. The fourth-order valence-electron chi connectivity index (χ4n) is 12.1. The van der Waals surface area contributed by atoms with Crippen molar-refractivity contribution in [1.82, 2.24) is 89.4 Å². The Kier molecular flexibility index (Phi) is 33.9. The number of nitrogens with two attached hydrogens (primary N) is 8. The second-order valence-electron chi connectivity index (χ2n) is 26.1. The lowest BCUT2D eigenvalue weighted by molar-refractivity contribution is -0.136. The van der Waals surface area contributed by atoms with Gasteiger partial charge in [-0.2, -0.15) is 0 Å². The van der Waals surface area contributed by atoms with Gasteiger partial charge in [-0.15, -0.1) is 0 Å². The molecule has 109 heavy (non-hydrogen) atoms. The highest BCUT2D eigenvalue weighted by Gasteiger charge is 2.36. The maximum Gasteiger partial charge on any atom is 0.243 e. The van der Waals surface area contributed by atoms with Crippen LogP contribution in [0.15, 0.2) is 91.4 Å². The van der Waals surface area contributed by atoms with Gasteiger partial charge in [0.05, 0.1) is 6.04 Å².